The summed E-state index contributed by atoms with van der Waals surface area (Å²) in [6, 6.07) is 10.8. The minimum Gasteiger partial charge on any atom is -0.426 e. The summed E-state index contributed by atoms with van der Waals surface area (Å²) >= 11 is 0. The number of carbonyl (C=O) groups is 1. The molecule has 0 fully saturated rings. The van der Waals surface area contributed by atoms with Gasteiger partial charge < -0.3 is 13.9 Å². The Labute approximate surface area is 105 Å². The van der Waals surface area contributed by atoms with Crippen molar-refractivity contribution in [2.24, 2.45) is 0 Å². The molecule has 0 spiro atoms. The fourth-order valence-corrected chi connectivity index (χ4v) is 1.51. The minimum atomic E-state index is 0.252. The van der Waals surface area contributed by atoms with E-state index in [0.29, 0.717) is 24.6 Å². The highest BCUT2D eigenvalue weighted by Crippen LogP contribution is 2.23. The molecule has 0 aliphatic rings. The van der Waals surface area contributed by atoms with Gasteiger partial charge in [0.25, 0.3) is 5.95 Å². The van der Waals surface area contributed by atoms with Gasteiger partial charge in [-0.3, -0.25) is 4.79 Å². The minimum absolute atomic E-state index is 0.252. The first-order valence-corrected chi connectivity index (χ1v) is 5.62. The second kappa shape index (κ2) is 6.02. The van der Waals surface area contributed by atoms with Crippen LogP contribution in [-0.2, 0) is 11.2 Å². The standard InChI is InChI=1S/C14H14O4/c1-16-9-8-11-2-4-12(5-3-11)17-14-7-6-13(10-15)18-14/h2-7,10H,8-9H2,1H3. The van der Waals surface area contributed by atoms with E-state index in [4.69, 9.17) is 13.9 Å². The lowest BCUT2D eigenvalue weighted by Crippen LogP contribution is -1.93. The zero-order chi connectivity index (χ0) is 12.8. The van der Waals surface area contributed by atoms with Crippen molar-refractivity contribution < 1.29 is 18.7 Å². The molecule has 18 heavy (non-hydrogen) atoms. The molecule has 0 radical (unpaired) electrons. The summed E-state index contributed by atoms with van der Waals surface area (Å²) in [5.74, 6) is 1.23. The number of rotatable bonds is 6. The molecule has 0 atom stereocenters. The number of ether oxygens (including phenoxy) is 2. The molecular formula is C14H14O4. The van der Waals surface area contributed by atoms with Gasteiger partial charge in [0.2, 0.25) is 0 Å². The van der Waals surface area contributed by atoms with E-state index < -0.39 is 0 Å². The van der Waals surface area contributed by atoms with E-state index in [1.165, 1.54) is 5.56 Å². The van der Waals surface area contributed by atoms with Crippen molar-refractivity contribution in [1.82, 2.24) is 0 Å². The van der Waals surface area contributed by atoms with Gasteiger partial charge in [-0.05, 0) is 30.2 Å². The Morgan fingerprint density at radius 2 is 1.94 bits per heavy atom. The number of hydrogen-bond donors (Lipinski definition) is 0. The number of furan rings is 1. The molecule has 1 aromatic heterocycles. The molecule has 0 unspecified atom stereocenters. The summed E-state index contributed by atoms with van der Waals surface area (Å²) in [5, 5.41) is 0. The van der Waals surface area contributed by atoms with Gasteiger partial charge in [0, 0.05) is 13.2 Å². The lowest BCUT2D eigenvalue weighted by atomic mass is 10.1. The maximum atomic E-state index is 10.5. The second-order valence-corrected chi connectivity index (χ2v) is 3.76. The first kappa shape index (κ1) is 12.4. The summed E-state index contributed by atoms with van der Waals surface area (Å²) < 4.78 is 15.6. The van der Waals surface area contributed by atoms with E-state index in [1.54, 1.807) is 19.2 Å². The van der Waals surface area contributed by atoms with E-state index in [2.05, 4.69) is 0 Å². The van der Waals surface area contributed by atoms with Crippen LogP contribution in [0.5, 0.6) is 11.7 Å². The van der Waals surface area contributed by atoms with Crippen molar-refractivity contribution >= 4 is 6.29 Å². The Hall–Kier alpha value is -2.07. The van der Waals surface area contributed by atoms with Crippen LogP contribution in [0.3, 0.4) is 0 Å². The highest BCUT2D eigenvalue weighted by Gasteiger charge is 2.03. The molecule has 2 rings (SSSR count). The summed E-state index contributed by atoms with van der Waals surface area (Å²) in [6.07, 6.45) is 1.51. The predicted molar refractivity (Wildman–Crippen MR) is 66.2 cm³/mol. The number of hydrogen-bond acceptors (Lipinski definition) is 4. The highest BCUT2D eigenvalue weighted by molar-refractivity contribution is 5.70. The molecule has 0 N–H and O–H groups in total. The van der Waals surface area contributed by atoms with Crippen LogP contribution in [0.25, 0.3) is 0 Å². The Kier molecular flexibility index (Phi) is 4.15. The molecule has 1 heterocycles. The lowest BCUT2D eigenvalue weighted by Gasteiger charge is -2.04. The molecule has 0 amide bonds. The smallest absolute Gasteiger partial charge is 0.290 e. The quantitative estimate of drug-likeness (QED) is 0.735. The van der Waals surface area contributed by atoms with Crippen LogP contribution in [0.2, 0.25) is 0 Å². The third-order valence-corrected chi connectivity index (χ3v) is 2.45. The molecular weight excluding hydrogens is 232 g/mol. The van der Waals surface area contributed by atoms with E-state index >= 15 is 0 Å². The summed E-state index contributed by atoms with van der Waals surface area (Å²) in [4.78, 5) is 10.5. The van der Waals surface area contributed by atoms with E-state index in [-0.39, 0.29) is 5.76 Å². The monoisotopic (exact) mass is 246 g/mol. The van der Waals surface area contributed by atoms with E-state index in [1.807, 2.05) is 24.3 Å². The second-order valence-electron chi connectivity index (χ2n) is 3.76. The predicted octanol–water partition coefficient (Wildman–Crippen LogP) is 3.07. The van der Waals surface area contributed by atoms with Crippen LogP contribution in [0, 0.1) is 0 Å². The molecule has 0 saturated carbocycles. The van der Waals surface area contributed by atoms with Gasteiger partial charge in [-0.2, -0.15) is 0 Å². The van der Waals surface area contributed by atoms with Crippen molar-refractivity contribution in [3.8, 4) is 11.7 Å². The van der Waals surface area contributed by atoms with Crippen LogP contribution in [0.1, 0.15) is 16.1 Å². The summed E-state index contributed by atoms with van der Waals surface area (Å²) in [5.41, 5.74) is 1.18. The van der Waals surface area contributed by atoms with Gasteiger partial charge in [0.05, 0.1) is 6.61 Å². The average molecular weight is 246 g/mol. The van der Waals surface area contributed by atoms with Crippen LogP contribution in [0.4, 0.5) is 0 Å². The Balaban J connectivity index is 1.99. The molecule has 0 saturated heterocycles. The Morgan fingerprint density at radius 1 is 1.17 bits per heavy atom. The zero-order valence-electron chi connectivity index (χ0n) is 10.1. The van der Waals surface area contributed by atoms with Crippen LogP contribution < -0.4 is 4.74 Å². The summed E-state index contributed by atoms with van der Waals surface area (Å²) in [6.45, 7) is 0.696. The third kappa shape index (κ3) is 3.21. The molecule has 0 aliphatic heterocycles. The SMILES string of the molecule is COCCc1ccc(Oc2ccc(C=O)o2)cc1. The van der Waals surface area contributed by atoms with E-state index in [9.17, 15) is 4.79 Å². The van der Waals surface area contributed by atoms with Gasteiger partial charge in [-0.25, -0.2) is 0 Å². The van der Waals surface area contributed by atoms with Crippen molar-refractivity contribution in [2.45, 2.75) is 6.42 Å². The molecule has 4 heteroatoms. The van der Waals surface area contributed by atoms with Gasteiger partial charge in [-0.15, -0.1) is 0 Å². The molecule has 0 bridgehead atoms. The fourth-order valence-electron chi connectivity index (χ4n) is 1.51. The van der Waals surface area contributed by atoms with Crippen molar-refractivity contribution in [3.63, 3.8) is 0 Å². The average Bonchev–Trinajstić information content (AvgIpc) is 2.86. The number of aldehydes is 1. The lowest BCUT2D eigenvalue weighted by molar-refractivity contribution is 0.109. The van der Waals surface area contributed by atoms with Crippen molar-refractivity contribution in [1.29, 1.82) is 0 Å². The third-order valence-electron chi connectivity index (χ3n) is 2.45. The Bertz CT molecular complexity index is 499. The van der Waals surface area contributed by atoms with Gasteiger partial charge in [-0.1, -0.05) is 12.1 Å². The van der Waals surface area contributed by atoms with Crippen LogP contribution >= 0.6 is 0 Å². The normalized spacial score (nSPS) is 10.3. The van der Waals surface area contributed by atoms with Crippen molar-refractivity contribution in [3.05, 3.63) is 47.7 Å². The fraction of sp³-hybridized carbons (Fsp3) is 0.214. The zero-order valence-corrected chi connectivity index (χ0v) is 10.1. The molecule has 2 aromatic rings. The van der Waals surface area contributed by atoms with Gasteiger partial charge >= 0.3 is 0 Å². The van der Waals surface area contributed by atoms with E-state index in [0.717, 1.165) is 6.42 Å². The van der Waals surface area contributed by atoms with Gasteiger partial charge in [0.1, 0.15) is 5.75 Å². The topological polar surface area (TPSA) is 48.7 Å². The van der Waals surface area contributed by atoms with Gasteiger partial charge in [0.15, 0.2) is 12.0 Å². The van der Waals surface area contributed by atoms with Crippen LogP contribution in [0.15, 0.2) is 40.8 Å². The number of benzene rings is 1. The number of carbonyl (C=O) groups excluding carboxylic acids is 1. The molecule has 94 valence electrons. The summed E-state index contributed by atoms with van der Waals surface area (Å²) in [7, 11) is 1.68. The number of methoxy groups -OCH3 is 1. The van der Waals surface area contributed by atoms with Crippen LogP contribution in [-0.4, -0.2) is 20.0 Å². The highest BCUT2D eigenvalue weighted by atomic mass is 16.6. The maximum absolute atomic E-state index is 10.5. The Morgan fingerprint density at radius 3 is 2.56 bits per heavy atom. The maximum Gasteiger partial charge on any atom is 0.290 e. The first-order valence-electron chi connectivity index (χ1n) is 5.62. The molecule has 4 nitrogen and oxygen atoms in total. The first-order chi connectivity index (χ1) is 8.81. The van der Waals surface area contributed by atoms with Crippen molar-refractivity contribution in [2.75, 3.05) is 13.7 Å². The molecule has 0 aliphatic carbocycles. The molecule has 1 aromatic carbocycles. The largest absolute Gasteiger partial charge is 0.426 e.